The summed E-state index contributed by atoms with van der Waals surface area (Å²) in [6.45, 7) is 2.00. The summed E-state index contributed by atoms with van der Waals surface area (Å²) in [5, 5.41) is 20.3. The van der Waals surface area contributed by atoms with Crippen LogP contribution in [0, 0.1) is 18.8 Å². The molecule has 0 spiro atoms. The van der Waals surface area contributed by atoms with Gasteiger partial charge in [0.15, 0.2) is 0 Å². The van der Waals surface area contributed by atoms with Gasteiger partial charge in [0.2, 0.25) is 0 Å². The summed E-state index contributed by atoms with van der Waals surface area (Å²) in [5.41, 5.74) is 1.73. The van der Waals surface area contributed by atoms with Gasteiger partial charge in [0.05, 0.1) is 12.1 Å². The number of aryl methyl sites for hydroxylation is 1. The molecular formula is C12H13NO3. The first-order chi connectivity index (χ1) is 7.65. The van der Waals surface area contributed by atoms with E-state index in [0.717, 1.165) is 5.56 Å². The minimum absolute atomic E-state index is 0.193. The van der Waals surface area contributed by atoms with Gasteiger partial charge in [-0.25, -0.2) is 4.79 Å². The van der Waals surface area contributed by atoms with E-state index in [4.69, 9.17) is 10.2 Å². The number of nitrogens with one attached hydrogen (secondary N) is 1. The summed E-state index contributed by atoms with van der Waals surface area (Å²) >= 11 is 0. The maximum atomic E-state index is 10.9. The molecule has 0 saturated carbocycles. The van der Waals surface area contributed by atoms with Crippen LogP contribution >= 0.6 is 0 Å². The molecule has 0 aromatic heterocycles. The smallest absolute Gasteiger partial charge is 0.337 e. The summed E-state index contributed by atoms with van der Waals surface area (Å²) < 4.78 is 0. The number of hydrogen-bond acceptors (Lipinski definition) is 3. The monoisotopic (exact) mass is 219 g/mol. The molecule has 0 aliphatic heterocycles. The van der Waals surface area contributed by atoms with Crippen LogP contribution < -0.4 is 5.32 Å². The van der Waals surface area contributed by atoms with Gasteiger partial charge < -0.3 is 15.5 Å². The van der Waals surface area contributed by atoms with Gasteiger partial charge in [-0.3, -0.25) is 0 Å². The van der Waals surface area contributed by atoms with Crippen LogP contribution in [0.2, 0.25) is 0 Å². The fourth-order valence-corrected chi connectivity index (χ4v) is 1.25. The largest absolute Gasteiger partial charge is 0.478 e. The van der Waals surface area contributed by atoms with Gasteiger partial charge in [-0.2, -0.15) is 0 Å². The molecule has 1 rings (SSSR count). The topological polar surface area (TPSA) is 69.6 Å². The number of rotatable bonds is 3. The highest BCUT2D eigenvalue weighted by atomic mass is 16.4. The van der Waals surface area contributed by atoms with Gasteiger partial charge in [-0.15, -0.1) is 0 Å². The van der Waals surface area contributed by atoms with Crippen molar-refractivity contribution in [2.75, 3.05) is 18.5 Å². The molecule has 1 aromatic carbocycles. The zero-order valence-corrected chi connectivity index (χ0v) is 8.95. The van der Waals surface area contributed by atoms with Gasteiger partial charge in [0.1, 0.15) is 6.61 Å². The molecule has 0 atom stereocenters. The summed E-state index contributed by atoms with van der Waals surface area (Å²) in [4.78, 5) is 10.9. The van der Waals surface area contributed by atoms with Crippen LogP contribution in [-0.4, -0.2) is 29.3 Å². The average molecular weight is 219 g/mol. The fraction of sp³-hybridized carbons (Fsp3) is 0.250. The normalized spacial score (nSPS) is 9.12. The van der Waals surface area contributed by atoms with Crippen LogP contribution in [0.5, 0.6) is 0 Å². The molecule has 0 bridgehead atoms. The number of carboxylic acids is 1. The van der Waals surface area contributed by atoms with Crippen LogP contribution in [0.15, 0.2) is 18.2 Å². The molecule has 0 heterocycles. The number of anilines is 1. The Balaban J connectivity index is 2.84. The van der Waals surface area contributed by atoms with Gasteiger partial charge in [0.25, 0.3) is 0 Å². The Bertz CT molecular complexity index is 443. The molecule has 3 N–H and O–H groups in total. The van der Waals surface area contributed by atoms with Crippen LogP contribution in [0.1, 0.15) is 15.9 Å². The van der Waals surface area contributed by atoms with Crippen LogP contribution in [0.4, 0.5) is 5.69 Å². The second-order valence-electron chi connectivity index (χ2n) is 3.22. The lowest BCUT2D eigenvalue weighted by Gasteiger charge is -2.07. The van der Waals surface area contributed by atoms with E-state index < -0.39 is 5.97 Å². The van der Waals surface area contributed by atoms with Crippen molar-refractivity contribution in [1.29, 1.82) is 0 Å². The molecule has 4 nitrogen and oxygen atoms in total. The van der Waals surface area contributed by atoms with Crippen molar-refractivity contribution >= 4 is 11.7 Å². The molecule has 0 aliphatic rings. The van der Waals surface area contributed by atoms with Gasteiger partial charge in [-0.1, -0.05) is 17.9 Å². The molecular weight excluding hydrogens is 206 g/mol. The molecule has 0 aliphatic carbocycles. The summed E-state index contributed by atoms with van der Waals surface area (Å²) in [6, 6.07) is 5.05. The number of benzene rings is 1. The highest BCUT2D eigenvalue weighted by Crippen LogP contribution is 2.17. The predicted molar refractivity (Wildman–Crippen MR) is 61.5 cm³/mol. The minimum Gasteiger partial charge on any atom is -0.478 e. The first-order valence-electron chi connectivity index (χ1n) is 4.79. The predicted octanol–water partition coefficient (Wildman–Crippen LogP) is 1.10. The molecule has 1 aromatic rings. The first kappa shape index (κ1) is 12.1. The standard InChI is InChI=1S/C12H13NO3/c1-9-4-5-10(12(15)16)11(8-9)13-6-2-3-7-14/h4-5,8,13-14H,6-7H2,1H3,(H,15,16). The number of aromatic carboxylic acids is 1. The maximum Gasteiger partial charge on any atom is 0.337 e. The van der Waals surface area contributed by atoms with E-state index in [9.17, 15) is 4.79 Å². The SMILES string of the molecule is Cc1ccc(C(=O)O)c(NCC#CCO)c1. The van der Waals surface area contributed by atoms with Crippen LogP contribution in [-0.2, 0) is 0 Å². The summed E-state index contributed by atoms with van der Waals surface area (Å²) in [6.07, 6.45) is 0. The van der Waals surface area contributed by atoms with E-state index in [0.29, 0.717) is 12.2 Å². The Morgan fingerprint density at radius 3 is 2.81 bits per heavy atom. The van der Waals surface area contributed by atoms with Crippen molar-refractivity contribution in [3.8, 4) is 11.8 Å². The van der Waals surface area contributed by atoms with E-state index >= 15 is 0 Å². The quantitative estimate of drug-likeness (QED) is 0.666. The third kappa shape index (κ3) is 3.30. The molecule has 0 amide bonds. The summed E-state index contributed by atoms with van der Waals surface area (Å²) in [7, 11) is 0. The molecule has 4 heteroatoms. The molecule has 84 valence electrons. The van der Waals surface area contributed by atoms with E-state index in [2.05, 4.69) is 17.2 Å². The Morgan fingerprint density at radius 1 is 1.44 bits per heavy atom. The third-order valence-corrected chi connectivity index (χ3v) is 1.98. The first-order valence-corrected chi connectivity index (χ1v) is 4.79. The maximum absolute atomic E-state index is 10.9. The van der Waals surface area contributed by atoms with Crippen molar-refractivity contribution < 1.29 is 15.0 Å². The Labute approximate surface area is 93.9 Å². The van der Waals surface area contributed by atoms with Crippen molar-refractivity contribution in [1.82, 2.24) is 0 Å². The van der Waals surface area contributed by atoms with E-state index in [1.54, 1.807) is 18.2 Å². The number of hydrogen-bond donors (Lipinski definition) is 3. The lowest BCUT2D eigenvalue weighted by atomic mass is 10.1. The summed E-state index contributed by atoms with van der Waals surface area (Å²) in [5.74, 6) is 4.17. The lowest BCUT2D eigenvalue weighted by Crippen LogP contribution is -2.06. The second-order valence-corrected chi connectivity index (χ2v) is 3.22. The number of carboxylic acid groups (broad SMARTS) is 1. The molecule has 0 unspecified atom stereocenters. The van der Waals surface area contributed by atoms with E-state index in [1.165, 1.54) is 0 Å². The van der Waals surface area contributed by atoms with Gasteiger partial charge >= 0.3 is 5.97 Å². The zero-order valence-electron chi connectivity index (χ0n) is 8.95. The second kappa shape index (κ2) is 5.79. The van der Waals surface area contributed by atoms with Crippen molar-refractivity contribution in [3.63, 3.8) is 0 Å². The highest BCUT2D eigenvalue weighted by Gasteiger charge is 2.08. The minimum atomic E-state index is -0.974. The van der Waals surface area contributed by atoms with Gasteiger partial charge in [0, 0.05) is 5.69 Å². The Kier molecular flexibility index (Phi) is 4.37. The Hall–Kier alpha value is -1.99. The fourth-order valence-electron chi connectivity index (χ4n) is 1.25. The zero-order chi connectivity index (χ0) is 12.0. The number of aliphatic hydroxyl groups excluding tert-OH is 1. The number of carbonyl (C=O) groups is 1. The van der Waals surface area contributed by atoms with Gasteiger partial charge in [-0.05, 0) is 24.6 Å². The van der Waals surface area contributed by atoms with Crippen molar-refractivity contribution in [2.24, 2.45) is 0 Å². The average Bonchev–Trinajstić information content (AvgIpc) is 2.24. The molecule has 16 heavy (non-hydrogen) atoms. The third-order valence-electron chi connectivity index (χ3n) is 1.98. The lowest BCUT2D eigenvalue weighted by molar-refractivity contribution is 0.0698. The molecule has 0 saturated heterocycles. The van der Waals surface area contributed by atoms with E-state index in [-0.39, 0.29) is 12.2 Å². The van der Waals surface area contributed by atoms with E-state index in [1.807, 2.05) is 6.92 Å². The van der Waals surface area contributed by atoms with Crippen molar-refractivity contribution in [3.05, 3.63) is 29.3 Å². The van der Waals surface area contributed by atoms with Crippen LogP contribution in [0.25, 0.3) is 0 Å². The molecule has 0 radical (unpaired) electrons. The number of aliphatic hydroxyl groups is 1. The van der Waals surface area contributed by atoms with Crippen LogP contribution in [0.3, 0.4) is 0 Å². The molecule has 0 fully saturated rings. The van der Waals surface area contributed by atoms with Crippen molar-refractivity contribution in [2.45, 2.75) is 6.92 Å². The highest BCUT2D eigenvalue weighted by molar-refractivity contribution is 5.94. The Morgan fingerprint density at radius 2 is 2.19 bits per heavy atom.